The molecule has 0 atom stereocenters. The van der Waals surface area contributed by atoms with Gasteiger partial charge in [-0.05, 0) is 31.4 Å². The lowest BCUT2D eigenvalue weighted by Crippen LogP contribution is -2.29. The summed E-state index contributed by atoms with van der Waals surface area (Å²) in [4.78, 5) is 4.38. The van der Waals surface area contributed by atoms with Crippen LogP contribution in [0.3, 0.4) is 0 Å². The molecule has 0 radical (unpaired) electrons. The van der Waals surface area contributed by atoms with Crippen molar-refractivity contribution >= 4 is 17.4 Å². The Hall–Kier alpha value is -0.960. The lowest BCUT2D eigenvalue weighted by molar-refractivity contribution is 0.316. The molecule has 1 saturated carbocycles. The van der Waals surface area contributed by atoms with Gasteiger partial charge in [-0.3, -0.25) is 0 Å². The van der Waals surface area contributed by atoms with E-state index in [0.717, 1.165) is 37.0 Å². The first-order valence-electron chi connectivity index (χ1n) is 7.17. The SMILES string of the molecule is CCCOc1cccnc1NCC1(CCl)CCCC1. The van der Waals surface area contributed by atoms with E-state index in [0.29, 0.717) is 0 Å². The summed E-state index contributed by atoms with van der Waals surface area (Å²) in [5.74, 6) is 2.40. The van der Waals surface area contributed by atoms with Crippen molar-refractivity contribution in [1.82, 2.24) is 4.98 Å². The number of rotatable bonds is 7. The van der Waals surface area contributed by atoms with Gasteiger partial charge >= 0.3 is 0 Å². The van der Waals surface area contributed by atoms with E-state index in [-0.39, 0.29) is 5.41 Å². The molecule has 1 aromatic rings. The molecule has 106 valence electrons. The molecule has 1 aliphatic carbocycles. The average molecular weight is 283 g/mol. The van der Waals surface area contributed by atoms with Gasteiger partial charge in [0.05, 0.1) is 6.61 Å². The van der Waals surface area contributed by atoms with Crippen LogP contribution in [-0.4, -0.2) is 24.0 Å². The highest BCUT2D eigenvalue weighted by Crippen LogP contribution is 2.39. The van der Waals surface area contributed by atoms with Crippen LogP contribution in [0.4, 0.5) is 5.82 Å². The minimum Gasteiger partial charge on any atom is -0.490 e. The fourth-order valence-electron chi connectivity index (χ4n) is 2.61. The van der Waals surface area contributed by atoms with Crippen LogP contribution in [-0.2, 0) is 0 Å². The molecule has 2 rings (SSSR count). The molecule has 4 heteroatoms. The third-order valence-electron chi connectivity index (χ3n) is 3.81. The zero-order chi connectivity index (χ0) is 13.6. The second kappa shape index (κ2) is 6.99. The van der Waals surface area contributed by atoms with E-state index in [1.165, 1.54) is 25.7 Å². The summed E-state index contributed by atoms with van der Waals surface area (Å²) in [6.45, 7) is 3.71. The number of ether oxygens (including phenoxy) is 1. The van der Waals surface area contributed by atoms with Crippen molar-refractivity contribution in [2.75, 3.05) is 24.3 Å². The topological polar surface area (TPSA) is 34.1 Å². The summed E-state index contributed by atoms with van der Waals surface area (Å²) >= 11 is 6.16. The van der Waals surface area contributed by atoms with Crippen molar-refractivity contribution in [2.45, 2.75) is 39.0 Å². The second-order valence-electron chi connectivity index (χ2n) is 5.39. The predicted molar refractivity (Wildman–Crippen MR) is 80.1 cm³/mol. The van der Waals surface area contributed by atoms with Crippen molar-refractivity contribution in [3.05, 3.63) is 18.3 Å². The molecule has 0 saturated heterocycles. The Morgan fingerprint density at radius 1 is 1.42 bits per heavy atom. The summed E-state index contributed by atoms with van der Waals surface area (Å²) in [5, 5.41) is 3.44. The van der Waals surface area contributed by atoms with Gasteiger partial charge in [0, 0.05) is 24.0 Å². The van der Waals surface area contributed by atoms with Gasteiger partial charge < -0.3 is 10.1 Å². The molecule has 3 nitrogen and oxygen atoms in total. The van der Waals surface area contributed by atoms with Gasteiger partial charge in [-0.1, -0.05) is 19.8 Å². The molecule has 0 spiro atoms. The number of hydrogen-bond acceptors (Lipinski definition) is 3. The van der Waals surface area contributed by atoms with Crippen LogP contribution in [0.1, 0.15) is 39.0 Å². The molecule has 19 heavy (non-hydrogen) atoms. The van der Waals surface area contributed by atoms with Crippen LogP contribution in [0.5, 0.6) is 5.75 Å². The van der Waals surface area contributed by atoms with Gasteiger partial charge in [-0.15, -0.1) is 11.6 Å². The van der Waals surface area contributed by atoms with Crippen LogP contribution in [0, 0.1) is 5.41 Å². The van der Waals surface area contributed by atoms with Crippen LogP contribution >= 0.6 is 11.6 Å². The molecule has 1 heterocycles. The van der Waals surface area contributed by atoms with Crippen LogP contribution in [0.15, 0.2) is 18.3 Å². The average Bonchev–Trinajstić information content (AvgIpc) is 2.93. The van der Waals surface area contributed by atoms with Crippen molar-refractivity contribution in [3.63, 3.8) is 0 Å². The highest BCUT2D eigenvalue weighted by molar-refractivity contribution is 6.18. The van der Waals surface area contributed by atoms with E-state index >= 15 is 0 Å². The zero-order valence-corrected chi connectivity index (χ0v) is 12.4. The summed E-state index contributed by atoms with van der Waals surface area (Å²) in [6, 6.07) is 3.87. The number of anilines is 1. The van der Waals surface area contributed by atoms with Gasteiger partial charge in [-0.25, -0.2) is 4.98 Å². The zero-order valence-electron chi connectivity index (χ0n) is 11.6. The lowest BCUT2D eigenvalue weighted by Gasteiger charge is -2.27. The van der Waals surface area contributed by atoms with E-state index in [1.54, 1.807) is 6.20 Å². The standard InChI is InChI=1S/C15H23ClN2O/c1-2-10-19-13-6-5-9-17-14(13)18-12-15(11-16)7-3-4-8-15/h5-6,9H,2-4,7-8,10-12H2,1H3,(H,17,18). The molecule has 0 aliphatic heterocycles. The number of pyridine rings is 1. The van der Waals surface area contributed by atoms with Crippen molar-refractivity contribution < 1.29 is 4.74 Å². The quantitative estimate of drug-likeness (QED) is 0.765. The molecular weight excluding hydrogens is 260 g/mol. The number of nitrogens with one attached hydrogen (secondary N) is 1. The number of alkyl halides is 1. The number of hydrogen-bond donors (Lipinski definition) is 1. The van der Waals surface area contributed by atoms with Crippen molar-refractivity contribution in [3.8, 4) is 5.75 Å². The fourth-order valence-corrected chi connectivity index (χ4v) is 2.97. The maximum atomic E-state index is 6.16. The molecule has 1 aromatic heterocycles. The van der Waals surface area contributed by atoms with Gasteiger partial charge in [0.1, 0.15) is 0 Å². The minimum absolute atomic E-state index is 0.237. The molecular formula is C15H23ClN2O. The minimum atomic E-state index is 0.237. The smallest absolute Gasteiger partial charge is 0.168 e. The first-order chi connectivity index (χ1) is 9.29. The molecule has 1 aliphatic rings. The second-order valence-corrected chi connectivity index (χ2v) is 5.66. The van der Waals surface area contributed by atoms with Crippen molar-refractivity contribution in [1.29, 1.82) is 0 Å². The van der Waals surface area contributed by atoms with Gasteiger partial charge in [0.15, 0.2) is 11.6 Å². The van der Waals surface area contributed by atoms with Gasteiger partial charge in [-0.2, -0.15) is 0 Å². The van der Waals surface area contributed by atoms with Crippen molar-refractivity contribution in [2.24, 2.45) is 5.41 Å². The normalized spacial score (nSPS) is 17.4. The summed E-state index contributed by atoms with van der Waals surface area (Å²) in [5.41, 5.74) is 0.237. The predicted octanol–water partition coefficient (Wildman–Crippen LogP) is 4.08. The Labute approximate surface area is 120 Å². The largest absolute Gasteiger partial charge is 0.490 e. The highest BCUT2D eigenvalue weighted by Gasteiger charge is 2.33. The molecule has 0 bridgehead atoms. The van der Waals surface area contributed by atoms with E-state index in [1.807, 2.05) is 12.1 Å². The fraction of sp³-hybridized carbons (Fsp3) is 0.667. The van der Waals surface area contributed by atoms with E-state index in [4.69, 9.17) is 16.3 Å². The van der Waals surface area contributed by atoms with Crippen LogP contribution in [0.25, 0.3) is 0 Å². The Balaban J connectivity index is 1.98. The molecule has 0 amide bonds. The highest BCUT2D eigenvalue weighted by atomic mass is 35.5. The Bertz CT molecular complexity index is 391. The number of halogens is 1. The molecule has 0 aromatic carbocycles. The Morgan fingerprint density at radius 3 is 2.89 bits per heavy atom. The summed E-state index contributed by atoms with van der Waals surface area (Å²) < 4.78 is 5.71. The van der Waals surface area contributed by atoms with Crippen LogP contribution in [0.2, 0.25) is 0 Å². The molecule has 1 N–H and O–H groups in total. The van der Waals surface area contributed by atoms with E-state index < -0.39 is 0 Å². The van der Waals surface area contributed by atoms with E-state index in [9.17, 15) is 0 Å². The Kier molecular flexibility index (Phi) is 5.32. The molecule has 0 unspecified atom stereocenters. The summed E-state index contributed by atoms with van der Waals surface area (Å²) in [7, 11) is 0. The monoisotopic (exact) mass is 282 g/mol. The van der Waals surface area contributed by atoms with Gasteiger partial charge in [0.25, 0.3) is 0 Å². The lowest BCUT2D eigenvalue weighted by atomic mass is 9.88. The van der Waals surface area contributed by atoms with Crippen LogP contribution < -0.4 is 10.1 Å². The van der Waals surface area contributed by atoms with E-state index in [2.05, 4.69) is 17.2 Å². The maximum Gasteiger partial charge on any atom is 0.168 e. The number of nitrogens with zero attached hydrogens (tertiary/aromatic N) is 1. The third-order valence-corrected chi connectivity index (χ3v) is 4.38. The Morgan fingerprint density at radius 2 is 2.21 bits per heavy atom. The third kappa shape index (κ3) is 3.75. The number of aromatic nitrogens is 1. The maximum absolute atomic E-state index is 6.16. The first kappa shape index (κ1) is 14.4. The summed E-state index contributed by atoms with van der Waals surface area (Å²) in [6.07, 6.45) is 7.79. The first-order valence-corrected chi connectivity index (χ1v) is 7.71. The molecule has 1 fully saturated rings. The van der Waals surface area contributed by atoms with Gasteiger partial charge in [0.2, 0.25) is 0 Å².